The van der Waals surface area contributed by atoms with Crippen molar-refractivity contribution in [2.24, 2.45) is 7.05 Å². The van der Waals surface area contributed by atoms with Crippen molar-refractivity contribution in [3.8, 4) is 16.9 Å². The van der Waals surface area contributed by atoms with Gasteiger partial charge in [-0.05, 0) is 37.6 Å². The summed E-state index contributed by atoms with van der Waals surface area (Å²) in [5, 5.41) is 4.41. The Morgan fingerprint density at radius 3 is 2.76 bits per heavy atom. The molecule has 3 heterocycles. The van der Waals surface area contributed by atoms with Crippen LogP contribution < -0.4 is 4.74 Å². The number of benzene rings is 1. The summed E-state index contributed by atoms with van der Waals surface area (Å²) in [6.45, 7) is 4.30. The number of imidazole rings is 1. The monoisotopic (exact) mass is 392 g/mol. The predicted molar refractivity (Wildman–Crippen MR) is 108 cm³/mol. The number of aldehydes is 1. The fourth-order valence-corrected chi connectivity index (χ4v) is 3.56. The molecule has 0 aliphatic heterocycles. The SMILES string of the molecule is Cc1nn(C)c(C)c1CCOc1c(F)cccc1-c1ccc2ncc(C=O)n2c1. The topological polar surface area (TPSA) is 61.4 Å². The standard InChI is InChI=1S/C22H21FN4O2/c1-14-18(15(2)26(3)25-14)9-10-29-22-19(5-4-6-20(22)23)16-7-8-21-24-11-17(13-28)27(21)12-16/h4-8,11-13H,9-10H2,1-3H3. The highest BCUT2D eigenvalue weighted by atomic mass is 19.1. The Labute approximate surface area is 167 Å². The molecule has 0 bridgehead atoms. The molecule has 0 aliphatic rings. The molecule has 3 aromatic heterocycles. The fourth-order valence-electron chi connectivity index (χ4n) is 3.56. The summed E-state index contributed by atoms with van der Waals surface area (Å²) in [6.07, 6.45) is 4.65. The Balaban J connectivity index is 1.64. The number of fused-ring (bicyclic) bond motifs is 1. The van der Waals surface area contributed by atoms with Gasteiger partial charge >= 0.3 is 0 Å². The summed E-state index contributed by atoms with van der Waals surface area (Å²) in [5.74, 6) is -0.234. The molecule has 6 nitrogen and oxygen atoms in total. The molecule has 0 amide bonds. The third-order valence-electron chi connectivity index (χ3n) is 5.19. The maximum absolute atomic E-state index is 14.6. The second-order valence-electron chi connectivity index (χ2n) is 6.93. The van der Waals surface area contributed by atoms with E-state index in [2.05, 4.69) is 10.1 Å². The van der Waals surface area contributed by atoms with E-state index >= 15 is 0 Å². The molecule has 4 aromatic rings. The normalized spacial score (nSPS) is 11.2. The van der Waals surface area contributed by atoms with E-state index < -0.39 is 5.82 Å². The molecule has 0 atom stereocenters. The summed E-state index contributed by atoms with van der Waals surface area (Å²) in [6, 6.07) is 8.46. The summed E-state index contributed by atoms with van der Waals surface area (Å²) < 4.78 is 24.0. The van der Waals surface area contributed by atoms with Crippen molar-refractivity contribution in [2.75, 3.05) is 6.61 Å². The number of hydrogen-bond acceptors (Lipinski definition) is 4. The zero-order valence-corrected chi connectivity index (χ0v) is 16.5. The van der Waals surface area contributed by atoms with Crippen LogP contribution in [-0.4, -0.2) is 32.1 Å². The molecule has 0 saturated heterocycles. The smallest absolute Gasteiger partial charge is 0.168 e. The molecule has 0 spiro atoms. The second kappa shape index (κ2) is 7.50. The van der Waals surface area contributed by atoms with Crippen LogP contribution in [0.25, 0.3) is 16.8 Å². The average Bonchev–Trinajstić information content (AvgIpc) is 3.23. The van der Waals surface area contributed by atoms with Gasteiger partial charge in [-0.25, -0.2) is 9.37 Å². The first kappa shape index (κ1) is 18.9. The van der Waals surface area contributed by atoms with Crippen molar-refractivity contribution in [2.45, 2.75) is 20.3 Å². The summed E-state index contributed by atoms with van der Waals surface area (Å²) >= 11 is 0. The first-order valence-electron chi connectivity index (χ1n) is 9.32. The Morgan fingerprint density at radius 1 is 1.21 bits per heavy atom. The van der Waals surface area contributed by atoms with Crippen LogP contribution in [-0.2, 0) is 13.5 Å². The Hall–Kier alpha value is -3.48. The molecule has 0 fully saturated rings. The van der Waals surface area contributed by atoms with Crippen molar-refractivity contribution >= 4 is 11.9 Å². The number of nitrogens with zero attached hydrogens (tertiary/aromatic N) is 4. The van der Waals surface area contributed by atoms with Gasteiger partial charge in [0.25, 0.3) is 0 Å². The molecule has 0 saturated carbocycles. The molecule has 29 heavy (non-hydrogen) atoms. The highest BCUT2D eigenvalue weighted by Crippen LogP contribution is 2.33. The number of aromatic nitrogens is 4. The lowest BCUT2D eigenvalue weighted by Gasteiger charge is -2.13. The molecular formula is C22H21FN4O2. The zero-order chi connectivity index (χ0) is 20.5. The summed E-state index contributed by atoms with van der Waals surface area (Å²) in [5.41, 5.74) is 5.58. The van der Waals surface area contributed by atoms with Crippen LogP contribution in [0.2, 0.25) is 0 Å². The van der Waals surface area contributed by atoms with Gasteiger partial charge < -0.3 is 4.74 Å². The largest absolute Gasteiger partial charge is 0.490 e. The van der Waals surface area contributed by atoms with E-state index in [1.165, 1.54) is 12.3 Å². The van der Waals surface area contributed by atoms with Gasteiger partial charge in [-0.15, -0.1) is 0 Å². The van der Waals surface area contributed by atoms with E-state index in [-0.39, 0.29) is 5.75 Å². The predicted octanol–water partition coefficient (Wildman–Crippen LogP) is 3.92. The van der Waals surface area contributed by atoms with E-state index in [4.69, 9.17) is 4.74 Å². The molecule has 148 valence electrons. The van der Waals surface area contributed by atoms with Gasteiger partial charge in [-0.2, -0.15) is 5.10 Å². The molecule has 0 N–H and O–H groups in total. The highest BCUT2D eigenvalue weighted by Gasteiger charge is 2.15. The van der Waals surface area contributed by atoms with Crippen molar-refractivity contribution in [3.63, 3.8) is 0 Å². The molecule has 1 aromatic carbocycles. The van der Waals surface area contributed by atoms with Crippen LogP contribution in [0.5, 0.6) is 5.75 Å². The Morgan fingerprint density at radius 2 is 2.03 bits per heavy atom. The van der Waals surface area contributed by atoms with Gasteiger partial charge in [-0.3, -0.25) is 13.9 Å². The van der Waals surface area contributed by atoms with Crippen LogP contribution in [0.3, 0.4) is 0 Å². The van der Waals surface area contributed by atoms with Crippen LogP contribution in [0, 0.1) is 19.7 Å². The number of pyridine rings is 1. The van der Waals surface area contributed by atoms with E-state index in [1.807, 2.05) is 31.6 Å². The van der Waals surface area contributed by atoms with Gasteiger partial charge in [0.15, 0.2) is 17.9 Å². The number of carbonyl (C=O) groups excluding carboxylic acids is 1. The highest BCUT2D eigenvalue weighted by molar-refractivity contribution is 5.76. The maximum atomic E-state index is 14.6. The minimum atomic E-state index is -0.427. The summed E-state index contributed by atoms with van der Waals surface area (Å²) in [7, 11) is 1.90. The maximum Gasteiger partial charge on any atom is 0.168 e. The number of aryl methyl sites for hydroxylation is 2. The van der Waals surface area contributed by atoms with Gasteiger partial charge in [0.1, 0.15) is 11.3 Å². The number of rotatable bonds is 6. The van der Waals surface area contributed by atoms with Crippen molar-refractivity contribution in [1.82, 2.24) is 19.2 Å². The van der Waals surface area contributed by atoms with Crippen LogP contribution in [0.1, 0.15) is 27.4 Å². The Kier molecular flexibility index (Phi) is 4.88. The molecule has 0 radical (unpaired) electrons. The van der Waals surface area contributed by atoms with Crippen LogP contribution >= 0.6 is 0 Å². The average molecular weight is 392 g/mol. The van der Waals surface area contributed by atoms with Gasteiger partial charge in [0.05, 0.1) is 18.5 Å². The van der Waals surface area contributed by atoms with Gasteiger partial charge in [0, 0.05) is 36.5 Å². The number of para-hydroxylation sites is 1. The van der Waals surface area contributed by atoms with E-state index in [9.17, 15) is 9.18 Å². The molecule has 4 rings (SSSR count). The lowest BCUT2D eigenvalue weighted by molar-refractivity contribution is 0.111. The van der Waals surface area contributed by atoms with Crippen molar-refractivity contribution in [1.29, 1.82) is 0 Å². The molecule has 0 unspecified atom stereocenters. The minimum absolute atomic E-state index is 0.193. The van der Waals surface area contributed by atoms with Crippen molar-refractivity contribution < 1.29 is 13.9 Å². The second-order valence-corrected chi connectivity index (χ2v) is 6.93. The summed E-state index contributed by atoms with van der Waals surface area (Å²) in [4.78, 5) is 15.4. The van der Waals surface area contributed by atoms with Gasteiger partial charge in [-0.1, -0.05) is 12.1 Å². The van der Waals surface area contributed by atoms with E-state index in [1.54, 1.807) is 28.8 Å². The quantitative estimate of drug-likeness (QED) is 0.467. The Bertz CT molecular complexity index is 1210. The zero-order valence-electron chi connectivity index (χ0n) is 16.5. The van der Waals surface area contributed by atoms with Crippen LogP contribution in [0.15, 0.2) is 42.7 Å². The van der Waals surface area contributed by atoms with Crippen molar-refractivity contribution in [3.05, 3.63) is 71.2 Å². The van der Waals surface area contributed by atoms with E-state index in [0.717, 1.165) is 28.8 Å². The molecular weight excluding hydrogens is 371 g/mol. The first-order valence-corrected chi connectivity index (χ1v) is 9.32. The van der Waals surface area contributed by atoms with Gasteiger partial charge in [0.2, 0.25) is 0 Å². The number of carbonyl (C=O) groups is 1. The number of ether oxygens (including phenoxy) is 1. The third kappa shape index (κ3) is 3.40. The lowest BCUT2D eigenvalue weighted by atomic mass is 10.1. The fraction of sp³-hybridized carbons (Fsp3) is 0.227. The third-order valence-corrected chi connectivity index (χ3v) is 5.19. The molecule has 0 aliphatic carbocycles. The number of halogens is 1. The van der Waals surface area contributed by atoms with E-state index in [0.29, 0.717) is 29.9 Å². The minimum Gasteiger partial charge on any atom is -0.490 e. The lowest BCUT2D eigenvalue weighted by Crippen LogP contribution is -2.06. The first-order chi connectivity index (χ1) is 14.0. The van der Waals surface area contributed by atoms with Crippen LogP contribution in [0.4, 0.5) is 4.39 Å². The molecule has 7 heteroatoms. The number of hydrogen-bond donors (Lipinski definition) is 0.